The van der Waals surface area contributed by atoms with Crippen LogP contribution in [0, 0.1) is 0 Å². The van der Waals surface area contributed by atoms with Crippen molar-refractivity contribution in [3.05, 3.63) is 58.9 Å². The minimum Gasteiger partial charge on any atom is -0.496 e. The van der Waals surface area contributed by atoms with Crippen molar-refractivity contribution in [2.24, 2.45) is 0 Å². The molecule has 1 aromatic heterocycles. The van der Waals surface area contributed by atoms with Crippen molar-refractivity contribution in [2.45, 2.75) is 17.1 Å². The van der Waals surface area contributed by atoms with E-state index in [4.69, 9.17) is 16.3 Å². The maximum absolute atomic E-state index is 12.4. The summed E-state index contributed by atoms with van der Waals surface area (Å²) in [7, 11) is 1.63. The molecule has 0 saturated heterocycles. The predicted octanol–water partition coefficient (Wildman–Crippen LogP) is 5.59. The third-order valence-electron chi connectivity index (χ3n) is 3.61. The summed E-state index contributed by atoms with van der Waals surface area (Å²) in [6.45, 7) is 1.86. The van der Waals surface area contributed by atoms with Gasteiger partial charge in [-0.05, 0) is 43.3 Å². The Morgan fingerprint density at radius 1 is 1.23 bits per heavy atom. The van der Waals surface area contributed by atoms with Crippen LogP contribution in [0.15, 0.2) is 58.8 Å². The summed E-state index contributed by atoms with van der Waals surface area (Å²) in [5.74, 6) is 0.660. The van der Waals surface area contributed by atoms with Gasteiger partial charge in [0.05, 0.1) is 18.1 Å². The van der Waals surface area contributed by atoms with Crippen LogP contribution in [-0.2, 0) is 4.79 Å². The maximum atomic E-state index is 12.4. The molecule has 0 aliphatic rings. The van der Waals surface area contributed by atoms with Crippen molar-refractivity contribution in [3.8, 4) is 17.0 Å². The fourth-order valence-corrected chi connectivity index (χ4v) is 4.00. The average molecular weight is 405 g/mol. The van der Waals surface area contributed by atoms with Gasteiger partial charge >= 0.3 is 0 Å². The quantitative estimate of drug-likeness (QED) is 0.544. The molecule has 134 valence electrons. The number of rotatable bonds is 6. The summed E-state index contributed by atoms with van der Waals surface area (Å²) in [5.41, 5.74) is 1.68. The van der Waals surface area contributed by atoms with Gasteiger partial charge in [-0.1, -0.05) is 23.7 Å². The second-order valence-electron chi connectivity index (χ2n) is 5.44. The molecule has 0 saturated carbocycles. The number of halogens is 1. The van der Waals surface area contributed by atoms with Gasteiger partial charge in [-0.15, -0.1) is 23.1 Å². The van der Waals surface area contributed by atoms with Crippen molar-refractivity contribution in [2.75, 3.05) is 12.4 Å². The summed E-state index contributed by atoms with van der Waals surface area (Å²) in [6.07, 6.45) is 0. The van der Waals surface area contributed by atoms with E-state index in [9.17, 15) is 4.79 Å². The van der Waals surface area contributed by atoms with Gasteiger partial charge in [-0.25, -0.2) is 4.98 Å². The third-order valence-corrected chi connectivity index (χ3v) is 5.73. The smallest absolute Gasteiger partial charge is 0.239 e. The number of nitrogens with zero attached hydrogens (tertiary/aromatic N) is 1. The zero-order valence-corrected chi connectivity index (χ0v) is 16.6. The molecular weight excluding hydrogens is 388 g/mol. The number of carbonyl (C=O) groups is 1. The molecule has 3 aromatic rings. The molecule has 1 N–H and O–H groups in total. The van der Waals surface area contributed by atoms with Crippen molar-refractivity contribution < 1.29 is 9.53 Å². The molecule has 0 spiro atoms. The minimum absolute atomic E-state index is 0.0918. The highest BCUT2D eigenvalue weighted by Gasteiger charge is 2.17. The van der Waals surface area contributed by atoms with Gasteiger partial charge in [0.15, 0.2) is 5.13 Å². The maximum Gasteiger partial charge on any atom is 0.239 e. The van der Waals surface area contributed by atoms with Gasteiger partial charge < -0.3 is 10.1 Å². The normalized spacial score (nSPS) is 11.8. The Balaban J connectivity index is 1.66. The largest absolute Gasteiger partial charge is 0.496 e. The Morgan fingerprint density at radius 2 is 1.96 bits per heavy atom. The fraction of sp³-hybridized carbons (Fsp3) is 0.158. The number of anilines is 1. The van der Waals surface area contributed by atoms with Gasteiger partial charge in [-0.3, -0.25) is 4.79 Å². The number of aromatic nitrogens is 1. The fourth-order valence-electron chi connectivity index (χ4n) is 2.29. The Kier molecular flexibility index (Phi) is 6.19. The van der Waals surface area contributed by atoms with Gasteiger partial charge in [0.2, 0.25) is 5.91 Å². The molecule has 7 heteroatoms. The van der Waals surface area contributed by atoms with Crippen molar-refractivity contribution in [1.29, 1.82) is 0 Å². The number of hydrogen-bond donors (Lipinski definition) is 1. The van der Waals surface area contributed by atoms with Crippen molar-refractivity contribution in [1.82, 2.24) is 4.98 Å². The summed E-state index contributed by atoms with van der Waals surface area (Å²) in [4.78, 5) is 17.9. The molecule has 0 bridgehead atoms. The highest BCUT2D eigenvalue weighted by molar-refractivity contribution is 8.00. The highest BCUT2D eigenvalue weighted by atomic mass is 35.5. The standard InChI is InChI=1S/C19H17ClN2O2S2/c1-12(26-14-9-7-13(20)8-10-14)18(23)22-19-21-16(11-25-19)15-5-3-4-6-17(15)24-2/h3-12H,1-2H3,(H,21,22,23). The Morgan fingerprint density at radius 3 is 2.69 bits per heavy atom. The zero-order valence-electron chi connectivity index (χ0n) is 14.2. The van der Waals surface area contributed by atoms with Crippen molar-refractivity contribution >= 4 is 45.7 Å². The van der Waals surface area contributed by atoms with Crippen LogP contribution in [0.2, 0.25) is 5.02 Å². The van der Waals surface area contributed by atoms with Gasteiger partial charge in [0.25, 0.3) is 0 Å². The monoisotopic (exact) mass is 404 g/mol. The summed E-state index contributed by atoms with van der Waals surface area (Å²) in [5, 5.41) is 5.78. The number of benzene rings is 2. The van der Waals surface area contributed by atoms with Crippen LogP contribution in [0.25, 0.3) is 11.3 Å². The predicted molar refractivity (Wildman–Crippen MR) is 110 cm³/mol. The van der Waals surface area contributed by atoms with Gasteiger partial charge in [-0.2, -0.15) is 0 Å². The van der Waals surface area contributed by atoms with Crippen LogP contribution >= 0.6 is 34.7 Å². The van der Waals surface area contributed by atoms with Crippen LogP contribution in [0.3, 0.4) is 0 Å². The number of amides is 1. The van der Waals surface area contributed by atoms with Crippen LogP contribution in [0.5, 0.6) is 5.75 Å². The molecule has 26 heavy (non-hydrogen) atoms. The van der Waals surface area contributed by atoms with Crippen LogP contribution < -0.4 is 10.1 Å². The van der Waals surface area contributed by atoms with Gasteiger partial charge in [0, 0.05) is 20.9 Å². The number of thioether (sulfide) groups is 1. The topological polar surface area (TPSA) is 51.2 Å². The van der Waals surface area contributed by atoms with E-state index in [-0.39, 0.29) is 11.2 Å². The number of methoxy groups -OCH3 is 1. The Labute approximate surface area is 165 Å². The molecule has 0 aliphatic heterocycles. The second-order valence-corrected chi connectivity index (χ2v) is 8.15. The first-order valence-corrected chi connectivity index (χ1v) is 10.0. The number of thiazole rings is 1. The molecule has 2 aromatic carbocycles. The molecular formula is C19H17ClN2O2S2. The molecule has 1 amide bonds. The van der Waals surface area contributed by atoms with Crippen LogP contribution in [0.4, 0.5) is 5.13 Å². The van der Waals surface area contributed by atoms with Crippen LogP contribution in [-0.4, -0.2) is 23.3 Å². The molecule has 1 heterocycles. The summed E-state index contributed by atoms with van der Waals surface area (Å²) < 4.78 is 5.37. The SMILES string of the molecule is COc1ccccc1-c1csc(NC(=O)C(C)Sc2ccc(Cl)cc2)n1. The first-order valence-electron chi connectivity index (χ1n) is 7.89. The lowest BCUT2D eigenvalue weighted by molar-refractivity contribution is -0.115. The zero-order chi connectivity index (χ0) is 18.5. The molecule has 4 nitrogen and oxygen atoms in total. The summed E-state index contributed by atoms with van der Waals surface area (Å²) >= 11 is 8.76. The molecule has 3 rings (SSSR count). The average Bonchev–Trinajstić information content (AvgIpc) is 3.11. The van der Waals surface area contributed by atoms with E-state index < -0.39 is 0 Å². The minimum atomic E-state index is -0.255. The third kappa shape index (κ3) is 4.58. The number of hydrogen-bond acceptors (Lipinski definition) is 5. The van der Waals surface area contributed by atoms with E-state index in [1.165, 1.54) is 23.1 Å². The Bertz CT molecular complexity index is 897. The van der Waals surface area contributed by atoms with E-state index in [1.54, 1.807) is 7.11 Å². The van der Waals surface area contributed by atoms with Crippen LogP contribution in [0.1, 0.15) is 6.92 Å². The number of nitrogens with one attached hydrogen (secondary N) is 1. The van der Waals surface area contributed by atoms with Gasteiger partial charge in [0.1, 0.15) is 5.75 Å². The van der Waals surface area contributed by atoms with E-state index in [1.807, 2.05) is 60.8 Å². The summed E-state index contributed by atoms with van der Waals surface area (Å²) in [6, 6.07) is 15.1. The lowest BCUT2D eigenvalue weighted by atomic mass is 10.1. The highest BCUT2D eigenvalue weighted by Crippen LogP contribution is 2.32. The van der Waals surface area contributed by atoms with E-state index in [0.29, 0.717) is 10.2 Å². The molecule has 1 atom stereocenters. The second kappa shape index (κ2) is 8.58. The molecule has 0 aliphatic carbocycles. The number of carbonyl (C=O) groups excluding carboxylic acids is 1. The lowest BCUT2D eigenvalue weighted by Crippen LogP contribution is -2.22. The Hall–Kier alpha value is -2.02. The van der Waals surface area contributed by atoms with E-state index in [0.717, 1.165) is 21.9 Å². The number of para-hydroxylation sites is 1. The molecule has 0 radical (unpaired) electrons. The van der Waals surface area contributed by atoms with Crippen molar-refractivity contribution in [3.63, 3.8) is 0 Å². The number of ether oxygens (including phenoxy) is 1. The molecule has 1 unspecified atom stereocenters. The van der Waals surface area contributed by atoms with E-state index in [2.05, 4.69) is 10.3 Å². The first kappa shape index (κ1) is 18.8. The van der Waals surface area contributed by atoms with E-state index >= 15 is 0 Å². The lowest BCUT2D eigenvalue weighted by Gasteiger charge is -2.10. The molecule has 0 fully saturated rings. The first-order chi connectivity index (χ1) is 12.6.